The molecule has 0 unspecified atom stereocenters. The highest BCUT2D eigenvalue weighted by Crippen LogP contribution is 2.23. The van der Waals surface area contributed by atoms with Gasteiger partial charge in [-0.1, -0.05) is 37.3 Å². The largest absolute Gasteiger partial charge is 0.338 e. The highest BCUT2D eigenvalue weighted by Gasteiger charge is 2.15. The van der Waals surface area contributed by atoms with Crippen molar-refractivity contribution in [1.82, 2.24) is 15.3 Å². The summed E-state index contributed by atoms with van der Waals surface area (Å²) >= 11 is 0. The molecule has 4 heteroatoms. The van der Waals surface area contributed by atoms with Gasteiger partial charge in [0.05, 0.1) is 5.69 Å². The first kappa shape index (κ1) is 13.1. The van der Waals surface area contributed by atoms with Crippen LogP contribution in [-0.4, -0.2) is 36.1 Å². The third-order valence-corrected chi connectivity index (χ3v) is 3.68. The monoisotopic (exact) mass is 268 g/mol. The van der Waals surface area contributed by atoms with Crippen LogP contribution in [0, 0.1) is 0 Å². The zero-order chi connectivity index (χ0) is 13.8. The first-order chi connectivity index (χ1) is 9.88. The topological polar surface area (TPSA) is 41.1 Å². The molecule has 1 saturated heterocycles. The summed E-state index contributed by atoms with van der Waals surface area (Å²) in [5.74, 6) is 0.850. The summed E-state index contributed by atoms with van der Waals surface area (Å²) in [5.41, 5.74) is 3.44. The van der Waals surface area contributed by atoms with Crippen LogP contribution in [0.2, 0.25) is 0 Å². The molecule has 0 atom stereocenters. The zero-order valence-corrected chi connectivity index (χ0v) is 11.8. The molecule has 2 heterocycles. The number of aromatic nitrogens is 2. The Kier molecular flexibility index (Phi) is 3.92. The average molecular weight is 268 g/mol. The van der Waals surface area contributed by atoms with E-state index in [-0.39, 0.29) is 0 Å². The molecule has 0 bridgehead atoms. The standard InChI is InChI=1S/C16H20N4/c1-2-13-12-18-16(20-10-8-17-9-11-20)19-15(13)14-6-4-3-5-7-14/h3-7,12,17H,2,8-11H2,1H3. The van der Waals surface area contributed by atoms with Crippen LogP contribution in [0.4, 0.5) is 5.95 Å². The number of nitrogens with zero attached hydrogens (tertiary/aromatic N) is 3. The second-order valence-electron chi connectivity index (χ2n) is 5.00. The lowest BCUT2D eigenvalue weighted by atomic mass is 10.1. The lowest BCUT2D eigenvalue weighted by Crippen LogP contribution is -2.44. The second kappa shape index (κ2) is 6.01. The van der Waals surface area contributed by atoms with Crippen LogP contribution < -0.4 is 10.2 Å². The molecule has 20 heavy (non-hydrogen) atoms. The molecular weight excluding hydrogens is 248 g/mol. The fourth-order valence-corrected chi connectivity index (χ4v) is 2.52. The Labute approximate surface area is 119 Å². The Morgan fingerprint density at radius 1 is 1.15 bits per heavy atom. The molecule has 0 spiro atoms. The van der Waals surface area contributed by atoms with Crippen LogP contribution >= 0.6 is 0 Å². The number of hydrogen-bond acceptors (Lipinski definition) is 4. The van der Waals surface area contributed by atoms with Gasteiger partial charge >= 0.3 is 0 Å². The van der Waals surface area contributed by atoms with Crippen molar-refractivity contribution < 1.29 is 0 Å². The number of anilines is 1. The molecule has 2 aromatic rings. The van der Waals surface area contributed by atoms with Gasteiger partial charge in [-0.25, -0.2) is 9.97 Å². The van der Waals surface area contributed by atoms with E-state index in [4.69, 9.17) is 4.98 Å². The van der Waals surface area contributed by atoms with Crippen LogP contribution in [0.5, 0.6) is 0 Å². The average Bonchev–Trinajstić information content (AvgIpc) is 2.56. The molecule has 1 aliphatic rings. The third kappa shape index (κ3) is 2.65. The predicted octanol–water partition coefficient (Wildman–Crippen LogP) is 2.12. The lowest BCUT2D eigenvalue weighted by molar-refractivity contribution is 0.580. The van der Waals surface area contributed by atoms with Crippen molar-refractivity contribution in [3.63, 3.8) is 0 Å². The van der Waals surface area contributed by atoms with E-state index in [1.54, 1.807) is 0 Å². The molecule has 0 saturated carbocycles. The van der Waals surface area contributed by atoms with E-state index >= 15 is 0 Å². The van der Waals surface area contributed by atoms with Gasteiger partial charge in [-0.3, -0.25) is 0 Å². The van der Waals surface area contributed by atoms with Gasteiger partial charge < -0.3 is 10.2 Å². The molecule has 4 nitrogen and oxygen atoms in total. The Balaban J connectivity index is 1.98. The van der Waals surface area contributed by atoms with Gasteiger partial charge in [0.1, 0.15) is 0 Å². The summed E-state index contributed by atoms with van der Waals surface area (Å²) in [5, 5.41) is 3.36. The number of aryl methyl sites for hydroxylation is 1. The van der Waals surface area contributed by atoms with E-state index in [2.05, 4.69) is 46.4 Å². The number of benzene rings is 1. The molecule has 1 aromatic heterocycles. The van der Waals surface area contributed by atoms with Gasteiger partial charge in [0.2, 0.25) is 5.95 Å². The number of rotatable bonds is 3. The molecule has 1 aromatic carbocycles. The Hall–Kier alpha value is -1.94. The normalized spacial score (nSPS) is 15.3. The molecule has 1 N–H and O–H groups in total. The first-order valence-corrected chi connectivity index (χ1v) is 7.25. The fourth-order valence-electron chi connectivity index (χ4n) is 2.52. The molecule has 1 aliphatic heterocycles. The SMILES string of the molecule is CCc1cnc(N2CCNCC2)nc1-c1ccccc1. The maximum Gasteiger partial charge on any atom is 0.225 e. The number of piperazine rings is 1. The highest BCUT2D eigenvalue weighted by atomic mass is 15.3. The zero-order valence-electron chi connectivity index (χ0n) is 11.8. The van der Waals surface area contributed by atoms with Crippen molar-refractivity contribution in [2.45, 2.75) is 13.3 Å². The smallest absolute Gasteiger partial charge is 0.225 e. The van der Waals surface area contributed by atoms with Crippen molar-refractivity contribution in [3.05, 3.63) is 42.1 Å². The van der Waals surface area contributed by atoms with E-state index < -0.39 is 0 Å². The Morgan fingerprint density at radius 3 is 2.60 bits per heavy atom. The van der Waals surface area contributed by atoms with Gasteiger partial charge in [0, 0.05) is 37.9 Å². The second-order valence-corrected chi connectivity index (χ2v) is 5.00. The van der Waals surface area contributed by atoms with Crippen molar-refractivity contribution in [2.24, 2.45) is 0 Å². The van der Waals surface area contributed by atoms with Crippen molar-refractivity contribution in [2.75, 3.05) is 31.1 Å². The maximum absolute atomic E-state index is 4.82. The van der Waals surface area contributed by atoms with Gasteiger partial charge in [-0.2, -0.15) is 0 Å². The van der Waals surface area contributed by atoms with Crippen molar-refractivity contribution >= 4 is 5.95 Å². The van der Waals surface area contributed by atoms with Gasteiger partial charge in [0.15, 0.2) is 0 Å². The lowest BCUT2D eigenvalue weighted by Gasteiger charge is -2.27. The summed E-state index contributed by atoms with van der Waals surface area (Å²) in [6, 6.07) is 10.4. The predicted molar refractivity (Wildman–Crippen MR) is 81.9 cm³/mol. The molecule has 3 rings (SSSR count). The van der Waals surface area contributed by atoms with Crippen LogP contribution in [0.25, 0.3) is 11.3 Å². The van der Waals surface area contributed by atoms with Crippen molar-refractivity contribution in [1.29, 1.82) is 0 Å². The summed E-state index contributed by atoms with van der Waals surface area (Å²) in [4.78, 5) is 11.6. The molecule has 0 aliphatic carbocycles. The maximum atomic E-state index is 4.82. The summed E-state index contributed by atoms with van der Waals surface area (Å²) in [6.07, 6.45) is 2.93. The minimum absolute atomic E-state index is 0.850. The third-order valence-electron chi connectivity index (χ3n) is 3.68. The molecule has 0 amide bonds. The molecule has 0 radical (unpaired) electrons. The van der Waals surface area contributed by atoms with Gasteiger partial charge in [-0.05, 0) is 12.0 Å². The van der Waals surface area contributed by atoms with Crippen LogP contribution in [-0.2, 0) is 6.42 Å². The van der Waals surface area contributed by atoms with Crippen LogP contribution in [0.15, 0.2) is 36.5 Å². The Bertz CT molecular complexity index is 562. The van der Waals surface area contributed by atoms with Gasteiger partial charge in [-0.15, -0.1) is 0 Å². The van der Waals surface area contributed by atoms with E-state index in [0.717, 1.165) is 44.2 Å². The number of hydrogen-bond donors (Lipinski definition) is 1. The van der Waals surface area contributed by atoms with Crippen LogP contribution in [0.1, 0.15) is 12.5 Å². The summed E-state index contributed by atoms with van der Waals surface area (Å²) in [7, 11) is 0. The minimum Gasteiger partial charge on any atom is -0.338 e. The summed E-state index contributed by atoms with van der Waals surface area (Å²) in [6.45, 7) is 6.09. The molecule has 1 fully saturated rings. The van der Waals surface area contributed by atoms with E-state index in [1.165, 1.54) is 11.1 Å². The van der Waals surface area contributed by atoms with E-state index in [9.17, 15) is 0 Å². The highest BCUT2D eigenvalue weighted by molar-refractivity contribution is 5.64. The quantitative estimate of drug-likeness (QED) is 0.925. The minimum atomic E-state index is 0.850. The van der Waals surface area contributed by atoms with E-state index in [1.807, 2.05) is 12.3 Å². The van der Waals surface area contributed by atoms with Gasteiger partial charge in [0.25, 0.3) is 0 Å². The summed E-state index contributed by atoms with van der Waals surface area (Å²) < 4.78 is 0. The molecule has 104 valence electrons. The fraction of sp³-hybridized carbons (Fsp3) is 0.375. The number of nitrogens with one attached hydrogen (secondary N) is 1. The first-order valence-electron chi connectivity index (χ1n) is 7.25. The van der Waals surface area contributed by atoms with E-state index in [0.29, 0.717) is 0 Å². The molecular formula is C16H20N4. The Morgan fingerprint density at radius 2 is 1.90 bits per heavy atom. The van der Waals surface area contributed by atoms with Crippen molar-refractivity contribution in [3.8, 4) is 11.3 Å². The van der Waals surface area contributed by atoms with Crippen LogP contribution in [0.3, 0.4) is 0 Å².